The Morgan fingerprint density at radius 3 is 2.68 bits per heavy atom. The molecule has 0 saturated carbocycles. The van der Waals surface area contributed by atoms with Crippen molar-refractivity contribution in [3.8, 4) is 5.75 Å². The summed E-state index contributed by atoms with van der Waals surface area (Å²) in [6.07, 6.45) is 8.98. The summed E-state index contributed by atoms with van der Waals surface area (Å²) >= 11 is 0. The monoisotopic (exact) mass is 462 g/mol. The molecule has 0 bridgehead atoms. The first-order valence-electron chi connectivity index (χ1n) is 10.9. The van der Waals surface area contributed by atoms with Crippen molar-refractivity contribution in [2.75, 3.05) is 11.9 Å². The van der Waals surface area contributed by atoms with Crippen LogP contribution in [-0.4, -0.2) is 28.3 Å². The number of nitrogens with two attached hydrogens (primary N) is 1. The minimum atomic E-state index is -1.14. The van der Waals surface area contributed by atoms with E-state index in [2.05, 4.69) is 20.6 Å². The average Bonchev–Trinajstić information content (AvgIpc) is 3.32. The van der Waals surface area contributed by atoms with Crippen LogP contribution < -0.4 is 21.1 Å². The molecule has 9 heteroatoms. The van der Waals surface area contributed by atoms with Crippen molar-refractivity contribution in [1.82, 2.24) is 14.9 Å². The lowest BCUT2D eigenvalue weighted by atomic mass is 9.95. The van der Waals surface area contributed by atoms with Crippen molar-refractivity contribution < 1.29 is 13.9 Å². The zero-order chi connectivity index (χ0) is 24.1. The Kier molecular flexibility index (Phi) is 6.62. The summed E-state index contributed by atoms with van der Waals surface area (Å²) in [6, 6.07) is 10.6. The molecule has 1 aromatic heterocycles. The Labute approximate surface area is 197 Å². The largest absolute Gasteiger partial charge is 0.490 e. The number of imidazole rings is 1. The molecule has 4 N–H and O–H groups in total. The summed E-state index contributed by atoms with van der Waals surface area (Å²) in [5.74, 6) is -2.05. The first kappa shape index (κ1) is 23.0. The van der Waals surface area contributed by atoms with Crippen LogP contribution in [0.25, 0.3) is 0 Å². The Bertz CT molecular complexity index is 1220. The van der Waals surface area contributed by atoms with Crippen LogP contribution in [0, 0.1) is 19.7 Å². The molecule has 34 heavy (non-hydrogen) atoms. The molecule has 1 amide bonds. The van der Waals surface area contributed by atoms with Crippen molar-refractivity contribution >= 4 is 17.8 Å². The zero-order valence-corrected chi connectivity index (χ0v) is 19.1. The lowest BCUT2D eigenvalue weighted by Gasteiger charge is -2.37. The molecule has 1 unspecified atom stereocenters. The molecular weight excluding hydrogens is 435 g/mol. The van der Waals surface area contributed by atoms with E-state index in [1.165, 1.54) is 18.5 Å². The van der Waals surface area contributed by atoms with Gasteiger partial charge < -0.3 is 25.7 Å². The maximum atomic E-state index is 14.8. The van der Waals surface area contributed by atoms with Gasteiger partial charge in [0.25, 0.3) is 5.91 Å². The third-order valence-corrected chi connectivity index (χ3v) is 5.60. The second-order valence-corrected chi connectivity index (χ2v) is 8.12. The normalized spacial score (nSPS) is 17.1. The molecule has 2 aromatic carbocycles. The third-order valence-electron chi connectivity index (χ3n) is 5.60. The van der Waals surface area contributed by atoms with Crippen LogP contribution in [0.3, 0.4) is 0 Å². The van der Waals surface area contributed by atoms with Crippen LogP contribution in [0.4, 0.5) is 10.1 Å². The van der Waals surface area contributed by atoms with Crippen LogP contribution in [0.15, 0.2) is 71.9 Å². The summed E-state index contributed by atoms with van der Waals surface area (Å²) in [5, 5.41) is 6.46. The average molecular weight is 463 g/mol. The highest BCUT2D eigenvalue weighted by atomic mass is 19.1. The van der Waals surface area contributed by atoms with Gasteiger partial charge in [0.05, 0.1) is 18.5 Å². The van der Waals surface area contributed by atoms with Gasteiger partial charge in [-0.3, -0.25) is 4.79 Å². The first-order chi connectivity index (χ1) is 16.4. The number of ether oxygens (including phenoxy) is 1. The number of anilines is 1. The lowest BCUT2D eigenvalue weighted by Crippen LogP contribution is -2.48. The molecule has 1 atom stereocenters. The third kappa shape index (κ3) is 4.93. The fraction of sp³-hybridized carbons (Fsp3) is 0.240. The van der Waals surface area contributed by atoms with Crippen LogP contribution >= 0.6 is 0 Å². The predicted molar refractivity (Wildman–Crippen MR) is 129 cm³/mol. The Morgan fingerprint density at radius 2 is 2.06 bits per heavy atom. The van der Waals surface area contributed by atoms with Gasteiger partial charge in [0, 0.05) is 48.7 Å². The van der Waals surface area contributed by atoms with Gasteiger partial charge in [0.1, 0.15) is 0 Å². The van der Waals surface area contributed by atoms with E-state index in [1.807, 2.05) is 42.8 Å². The molecule has 0 spiro atoms. The van der Waals surface area contributed by atoms with Crippen LogP contribution in [0.1, 0.15) is 23.1 Å². The van der Waals surface area contributed by atoms with Crippen molar-refractivity contribution in [2.24, 2.45) is 10.7 Å². The predicted octanol–water partition coefficient (Wildman–Crippen LogP) is 3.37. The van der Waals surface area contributed by atoms with Gasteiger partial charge in [-0.15, -0.1) is 0 Å². The number of carbonyl (C=O) groups is 1. The maximum absolute atomic E-state index is 14.8. The summed E-state index contributed by atoms with van der Waals surface area (Å²) in [5.41, 5.74) is 8.95. The van der Waals surface area contributed by atoms with E-state index in [1.54, 1.807) is 24.7 Å². The standard InChI is InChI=1S/C25H27FN6O2/c1-17-5-3-6-18(2)23(17)25(29-14-19(15-30-25)24(27)33)31-20-7-8-22(21(26)13-20)34-12-4-10-32-11-9-28-16-32/h3,5-9,11,13-16,29,31H,4,10,12H2,1-2H3,(H2,27,33). The molecule has 0 aliphatic carbocycles. The number of carbonyl (C=O) groups excluding carboxylic acids is 1. The smallest absolute Gasteiger partial charge is 0.251 e. The molecule has 0 saturated heterocycles. The Balaban J connectivity index is 1.53. The lowest BCUT2D eigenvalue weighted by molar-refractivity contribution is -0.114. The topological polar surface area (TPSA) is 107 Å². The van der Waals surface area contributed by atoms with Crippen LogP contribution in [0.5, 0.6) is 5.75 Å². The number of aryl methyl sites for hydroxylation is 3. The molecule has 4 rings (SSSR count). The summed E-state index contributed by atoms with van der Waals surface area (Å²) < 4.78 is 22.4. The van der Waals surface area contributed by atoms with Gasteiger partial charge in [0.15, 0.2) is 11.6 Å². The van der Waals surface area contributed by atoms with Crippen molar-refractivity contribution in [3.05, 3.63) is 89.4 Å². The number of primary amides is 1. The number of benzene rings is 2. The summed E-state index contributed by atoms with van der Waals surface area (Å²) in [4.78, 5) is 20.2. The van der Waals surface area contributed by atoms with E-state index in [-0.39, 0.29) is 11.3 Å². The Hall–Kier alpha value is -4.14. The highest BCUT2D eigenvalue weighted by molar-refractivity contribution is 6.11. The van der Waals surface area contributed by atoms with E-state index in [4.69, 9.17) is 10.5 Å². The van der Waals surface area contributed by atoms with Crippen LogP contribution in [0.2, 0.25) is 0 Å². The van der Waals surface area contributed by atoms with Gasteiger partial charge in [-0.1, -0.05) is 18.2 Å². The molecule has 1 aliphatic heterocycles. The number of hydrogen-bond acceptors (Lipinski definition) is 6. The molecule has 0 fully saturated rings. The minimum absolute atomic E-state index is 0.174. The zero-order valence-electron chi connectivity index (χ0n) is 19.1. The van der Waals surface area contributed by atoms with Crippen molar-refractivity contribution in [3.63, 3.8) is 0 Å². The van der Waals surface area contributed by atoms with Gasteiger partial charge in [-0.2, -0.15) is 0 Å². The summed E-state index contributed by atoms with van der Waals surface area (Å²) in [6.45, 7) is 5.06. The highest BCUT2D eigenvalue weighted by Gasteiger charge is 2.35. The molecule has 2 heterocycles. The van der Waals surface area contributed by atoms with E-state index >= 15 is 0 Å². The number of halogens is 1. The van der Waals surface area contributed by atoms with E-state index in [9.17, 15) is 9.18 Å². The second kappa shape index (κ2) is 9.78. The van der Waals surface area contributed by atoms with E-state index < -0.39 is 17.5 Å². The van der Waals surface area contributed by atoms with Gasteiger partial charge in [-0.05, 0) is 43.5 Å². The van der Waals surface area contributed by atoms with Crippen molar-refractivity contribution in [1.29, 1.82) is 0 Å². The number of hydrogen-bond donors (Lipinski definition) is 3. The molecular formula is C25H27FN6O2. The maximum Gasteiger partial charge on any atom is 0.251 e. The quantitative estimate of drug-likeness (QED) is 0.423. The fourth-order valence-electron chi connectivity index (χ4n) is 3.96. The van der Waals surface area contributed by atoms with E-state index in [0.717, 1.165) is 29.7 Å². The molecule has 1 aliphatic rings. The fourth-order valence-corrected chi connectivity index (χ4v) is 3.96. The second-order valence-electron chi connectivity index (χ2n) is 8.12. The number of aliphatic imine (C=N–C) groups is 1. The molecule has 176 valence electrons. The van der Waals surface area contributed by atoms with Crippen LogP contribution in [-0.2, 0) is 17.1 Å². The van der Waals surface area contributed by atoms with Gasteiger partial charge in [-0.25, -0.2) is 14.4 Å². The molecule has 8 nitrogen and oxygen atoms in total. The van der Waals surface area contributed by atoms with Crippen molar-refractivity contribution in [2.45, 2.75) is 32.6 Å². The number of nitrogens with one attached hydrogen (secondary N) is 2. The number of aromatic nitrogens is 2. The SMILES string of the molecule is Cc1cccc(C)c1C1(Nc2ccc(OCCCn3ccnc3)c(F)c2)N=CC(C(N)=O)=CN1. The number of amides is 1. The number of rotatable bonds is 9. The first-order valence-corrected chi connectivity index (χ1v) is 10.9. The van der Waals surface area contributed by atoms with Gasteiger partial charge in [0.2, 0.25) is 5.79 Å². The summed E-state index contributed by atoms with van der Waals surface area (Å²) in [7, 11) is 0. The Morgan fingerprint density at radius 1 is 1.26 bits per heavy atom. The molecule has 3 aromatic rings. The number of nitrogens with zero attached hydrogens (tertiary/aromatic N) is 3. The van der Waals surface area contributed by atoms with Gasteiger partial charge >= 0.3 is 0 Å². The highest BCUT2D eigenvalue weighted by Crippen LogP contribution is 2.33. The van der Waals surface area contributed by atoms with E-state index in [0.29, 0.717) is 12.3 Å². The minimum Gasteiger partial charge on any atom is -0.490 e. The molecule has 0 radical (unpaired) electrons.